The number of halogens is 4. The van der Waals surface area contributed by atoms with Crippen LogP contribution < -0.4 is 5.43 Å². The number of aromatic nitrogens is 1. The van der Waals surface area contributed by atoms with Crippen molar-refractivity contribution < 1.29 is 18.4 Å². The molecule has 2 unspecified atom stereocenters. The second-order valence-electron chi connectivity index (χ2n) is 9.21. The maximum Gasteiger partial charge on any atom is 0.416 e. The number of fused-ring (bicyclic) bond motifs is 2. The van der Waals surface area contributed by atoms with Crippen molar-refractivity contribution in [1.29, 1.82) is 0 Å². The first-order valence-corrected chi connectivity index (χ1v) is 12.4. The lowest BCUT2D eigenvalue weighted by Gasteiger charge is -2.29. The molecule has 1 aliphatic rings. The van der Waals surface area contributed by atoms with Crippen LogP contribution in [0.25, 0.3) is 10.9 Å². The predicted molar refractivity (Wildman–Crippen MR) is 137 cm³/mol. The minimum atomic E-state index is -4.47. The summed E-state index contributed by atoms with van der Waals surface area (Å²) < 4.78 is 41.2. The van der Waals surface area contributed by atoms with Crippen LogP contribution in [0.1, 0.15) is 55.5 Å². The van der Waals surface area contributed by atoms with Crippen LogP contribution in [0, 0.1) is 0 Å². The third-order valence-corrected chi connectivity index (χ3v) is 7.27. The van der Waals surface area contributed by atoms with Crippen LogP contribution in [0.2, 0.25) is 5.02 Å². The number of rotatable bonds is 6. The van der Waals surface area contributed by atoms with Crippen molar-refractivity contribution in [2.75, 3.05) is 19.6 Å². The van der Waals surface area contributed by atoms with Crippen molar-refractivity contribution in [1.82, 2.24) is 9.63 Å². The predicted octanol–water partition coefficient (Wildman–Crippen LogP) is 6.16. The molecule has 0 amide bonds. The highest BCUT2D eigenvalue weighted by atomic mass is 35.5. The zero-order chi connectivity index (χ0) is 26.2. The molecule has 5 nitrogen and oxygen atoms in total. The molecule has 0 saturated heterocycles. The SMILES string of the molecule is CCN(CC)C(C)CN=C1CC(c2cccc(C(F)(F)F)c2)Cc2c1c(=O)c1cc(Cl)ccc1n2O. The number of benzene rings is 2. The van der Waals surface area contributed by atoms with E-state index >= 15 is 0 Å². The number of nitrogens with zero attached hydrogens (tertiary/aromatic N) is 3. The minimum Gasteiger partial charge on any atom is -0.428 e. The Hall–Kier alpha value is -2.84. The Morgan fingerprint density at radius 3 is 2.56 bits per heavy atom. The van der Waals surface area contributed by atoms with Gasteiger partial charge in [0.1, 0.15) is 0 Å². The van der Waals surface area contributed by atoms with Crippen LogP contribution in [0.4, 0.5) is 13.2 Å². The fraction of sp³-hybridized carbons (Fsp3) is 0.407. The van der Waals surface area contributed by atoms with Crippen molar-refractivity contribution in [3.8, 4) is 0 Å². The lowest BCUT2D eigenvalue weighted by atomic mass is 9.80. The number of alkyl halides is 3. The van der Waals surface area contributed by atoms with Gasteiger partial charge in [0.2, 0.25) is 0 Å². The van der Waals surface area contributed by atoms with Crippen molar-refractivity contribution in [2.24, 2.45) is 4.99 Å². The average Bonchev–Trinajstić information content (AvgIpc) is 2.85. The van der Waals surface area contributed by atoms with Gasteiger partial charge in [0.05, 0.1) is 34.3 Å². The van der Waals surface area contributed by atoms with E-state index in [0.717, 1.165) is 30.0 Å². The van der Waals surface area contributed by atoms with Gasteiger partial charge in [-0.25, -0.2) is 0 Å². The number of hydrogen-bond acceptors (Lipinski definition) is 4. The van der Waals surface area contributed by atoms with E-state index in [-0.39, 0.29) is 29.2 Å². The van der Waals surface area contributed by atoms with E-state index in [9.17, 15) is 23.2 Å². The van der Waals surface area contributed by atoms with Crippen LogP contribution in [0.3, 0.4) is 0 Å². The first-order chi connectivity index (χ1) is 17.0. The van der Waals surface area contributed by atoms with E-state index in [2.05, 4.69) is 25.7 Å². The molecule has 0 radical (unpaired) electrons. The summed E-state index contributed by atoms with van der Waals surface area (Å²) in [5, 5.41) is 11.7. The molecule has 0 saturated carbocycles. The average molecular weight is 520 g/mol. The van der Waals surface area contributed by atoms with Gasteiger partial charge in [-0.2, -0.15) is 17.9 Å². The van der Waals surface area contributed by atoms with E-state index < -0.39 is 11.7 Å². The maximum absolute atomic E-state index is 13.6. The molecule has 1 heterocycles. The quantitative estimate of drug-likeness (QED) is 0.397. The molecule has 0 bridgehead atoms. The topological polar surface area (TPSA) is 57.8 Å². The van der Waals surface area contributed by atoms with Gasteiger partial charge in [-0.05, 0) is 68.6 Å². The Morgan fingerprint density at radius 2 is 1.89 bits per heavy atom. The number of aliphatic imine (C=N–C) groups is 1. The molecule has 0 spiro atoms. The van der Waals surface area contributed by atoms with Gasteiger partial charge in [0.25, 0.3) is 0 Å². The highest BCUT2D eigenvalue weighted by Crippen LogP contribution is 2.36. The Morgan fingerprint density at radius 1 is 1.17 bits per heavy atom. The van der Waals surface area contributed by atoms with Crippen LogP contribution >= 0.6 is 11.6 Å². The summed E-state index contributed by atoms with van der Waals surface area (Å²) in [4.78, 5) is 20.6. The van der Waals surface area contributed by atoms with Crippen molar-refractivity contribution in [3.63, 3.8) is 0 Å². The molecular weight excluding hydrogens is 491 g/mol. The van der Waals surface area contributed by atoms with Gasteiger partial charge in [-0.1, -0.05) is 43.6 Å². The molecule has 36 heavy (non-hydrogen) atoms. The van der Waals surface area contributed by atoms with Gasteiger partial charge < -0.3 is 5.21 Å². The summed E-state index contributed by atoms with van der Waals surface area (Å²) >= 11 is 6.13. The summed E-state index contributed by atoms with van der Waals surface area (Å²) in [6, 6.07) is 10.00. The zero-order valence-electron chi connectivity index (χ0n) is 20.4. The first kappa shape index (κ1) is 26.2. The molecule has 1 N–H and O–H groups in total. The zero-order valence-corrected chi connectivity index (χ0v) is 21.2. The van der Waals surface area contributed by atoms with E-state index in [4.69, 9.17) is 16.6 Å². The standard InChI is InChI=1S/C27H29ClF3N3O2/c1-4-33(5-2)16(3)15-32-22-12-18(17-7-6-8-19(11-17)27(29,30)31)13-24-25(22)26(35)21-14-20(28)9-10-23(21)34(24)36/h6-11,14,16,18,36H,4-5,12-13,15H2,1-3H3. The lowest BCUT2D eigenvalue weighted by molar-refractivity contribution is -0.137. The Labute approximate surface area is 212 Å². The van der Waals surface area contributed by atoms with Crippen molar-refractivity contribution in [2.45, 2.75) is 51.7 Å². The summed E-state index contributed by atoms with van der Waals surface area (Å²) in [5.41, 5.74) is 0.915. The molecule has 1 aliphatic carbocycles. The summed E-state index contributed by atoms with van der Waals surface area (Å²) in [5.74, 6) is -0.384. The molecular formula is C27H29ClF3N3O2. The molecule has 2 aromatic carbocycles. The fourth-order valence-corrected chi connectivity index (χ4v) is 5.24. The smallest absolute Gasteiger partial charge is 0.416 e. The van der Waals surface area contributed by atoms with Gasteiger partial charge >= 0.3 is 6.18 Å². The van der Waals surface area contributed by atoms with Crippen LogP contribution in [-0.2, 0) is 12.6 Å². The Balaban J connectivity index is 1.87. The Kier molecular flexibility index (Phi) is 7.48. The largest absolute Gasteiger partial charge is 0.428 e. The minimum absolute atomic E-state index is 0.108. The lowest BCUT2D eigenvalue weighted by Crippen LogP contribution is -2.36. The van der Waals surface area contributed by atoms with Crippen LogP contribution in [0.15, 0.2) is 52.3 Å². The summed E-state index contributed by atoms with van der Waals surface area (Å²) in [6.45, 7) is 8.29. The highest BCUT2D eigenvalue weighted by molar-refractivity contribution is 6.31. The highest BCUT2D eigenvalue weighted by Gasteiger charge is 2.34. The molecule has 1 aromatic heterocycles. The number of hydrogen-bond donors (Lipinski definition) is 1. The molecule has 4 rings (SSSR count). The third-order valence-electron chi connectivity index (χ3n) is 7.04. The van der Waals surface area contributed by atoms with Crippen molar-refractivity contribution >= 4 is 28.2 Å². The Bertz CT molecular complexity index is 1360. The third kappa shape index (κ3) is 5.02. The van der Waals surface area contributed by atoms with Gasteiger partial charge in [-0.15, -0.1) is 0 Å². The molecule has 0 fully saturated rings. The molecule has 0 aliphatic heterocycles. The van der Waals surface area contributed by atoms with Crippen molar-refractivity contribution in [3.05, 3.63) is 80.1 Å². The van der Waals surface area contributed by atoms with Gasteiger partial charge in [0.15, 0.2) is 5.43 Å². The fourth-order valence-electron chi connectivity index (χ4n) is 5.07. The van der Waals surface area contributed by atoms with Crippen LogP contribution in [0.5, 0.6) is 0 Å². The first-order valence-electron chi connectivity index (χ1n) is 12.1. The van der Waals surface area contributed by atoms with Gasteiger partial charge in [-0.3, -0.25) is 14.7 Å². The second kappa shape index (κ2) is 10.3. The number of likely N-dealkylation sites (N-methyl/N-ethyl adjacent to an activating group) is 1. The van der Waals surface area contributed by atoms with E-state index in [1.165, 1.54) is 12.1 Å². The van der Waals surface area contributed by atoms with E-state index in [1.807, 2.05) is 0 Å². The van der Waals surface area contributed by atoms with E-state index in [0.29, 0.717) is 46.0 Å². The molecule has 2 atom stereocenters. The summed E-state index contributed by atoms with van der Waals surface area (Å²) in [6.07, 6.45) is -3.97. The second-order valence-corrected chi connectivity index (χ2v) is 9.65. The normalized spacial score (nSPS) is 18.1. The molecule has 9 heteroatoms. The van der Waals surface area contributed by atoms with Crippen LogP contribution in [-0.4, -0.2) is 46.2 Å². The van der Waals surface area contributed by atoms with E-state index in [1.54, 1.807) is 18.2 Å². The number of pyridine rings is 1. The summed E-state index contributed by atoms with van der Waals surface area (Å²) in [7, 11) is 0. The maximum atomic E-state index is 13.6. The molecule has 3 aromatic rings. The monoisotopic (exact) mass is 519 g/mol. The molecule has 192 valence electrons. The van der Waals surface area contributed by atoms with Gasteiger partial charge in [0, 0.05) is 16.8 Å².